The van der Waals surface area contributed by atoms with Gasteiger partial charge in [-0.1, -0.05) is 6.07 Å². The minimum Gasteiger partial charge on any atom is -0.385 e. The van der Waals surface area contributed by atoms with E-state index < -0.39 is 6.10 Å². The third kappa shape index (κ3) is 2.23. The minimum absolute atomic E-state index is 0.427. The lowest BCUT2D eigenvalue weighted by atomic mass is 10.2. The number of rotatable bonds is 4. The Morgan fingerprint density at radius 2 is 2.47 bits per heavy atom. The zero-order chi connectivity index (χ0) is 10.7. The summed E-state index contributed by atoms with van der Waals surface area (Å²) in [6, 6.07) is 3.87. The molecule has 0 spiro atoms. The second-order valence-corrected chi connectivity index (χ2v) is 4.06. The van der Waals surface area contributed by atoms with Crippen molar-refractivity contribution in [2.45, 2.75) is 12.5 Å². The molecule has 1 atom stereocenters. The fourth-order valence-electron chi connectivity index (χ4n) is 1.23. The fraction of sp³-hybridized carbons (Fsp3) is 0.333. The van der Waals surface area contributed by atoms with Crippen LogP contribution >= 0.6 is 11.3 Å². The van der Waals surface area contributed by atoms with Gasteiger partial charge >= 0.3 is 0 Å². The minimum atomic E-state index is -0.656. The van der Waals surface area contributed by atoms with Crippen LogP contribution in [0.4, 0.5) is 0 Å². The molecular weight excluding hydrogens is 212 g/mol. The molecule has 4 N–H and O–H groups in total. The molecule has 0 aliphatic heterocycles. The molecule has 0 saturated heterocycles. The van der Waals surface area contributed by atoms with Gasteiger partial charge in [-0.2, -0.15) is 5.10 Å². The van der Waals surface area contributed by atoms with Crippen LogP contribution in [0.15, 0.2) is 17.5 Å². The first-order chi connectivity index (χ1) is 7.31. The summed E-state index contributed by atoms with van der Waals surface area (Å²) in [6.45, 7) is 0.427. The highest BCUT2D eigenvalue weighted by atomic mass is 32.1. The van der Waals surface area contributed by atoms with Gasteiger partial charge in [0, 0.05) is 0 Å². The Bertz CT molecular complexity index is 411. The lowest BCUT2D eigenvalue weighted by Crippen LogP contribution is -2.07. The second kappa shape index (κ2) is 4.52. The number of aromatic nitrogens is 3. The Labute approximate surface area is 91.0 Å². The van der Waals surface area contributed by atoms with E-state index in [1.165, 1.54) is 0 Å². The van der Waals surface area contributed by atoms with Crippen LogP contribution in [0.25, 0.3) is 10.7 Å². The second-order valence-electron chi connectivity index (χ2n) is 3.11. The lowest BCUT2D eigenvalue weighted by Gasteiger charge is -2.02. The third-order valence-electron chi connectivity index (χ3n) is 2.00. The van der Waals surface area contributed by atoms with Crippen molar-refractivity contribution in [3.05, 3.63) is 23.3 Å². The van der Waals surface area contributed by atoms with Crippen molar-refractivity contribution in [1.29, 1.82) is 0 Å². The number of aromatic amines is 1. The molecular formula is C9H12N4OS. The average molecular weight is 224 g/mol. The van der Waals surface area contributed by atoms with Gasteiger partial charge in [-0.25, -0.2) is 4.98 Å². The average Bonchev–Trinajstić information content (AvgIpc) is 2.89. The van der Waals surface area contributed by atoms with Gasteiger partial charge in [0.05, 0.1) is 4.88 Å². The van der Waals surface area contributed by atoms with Crippen molar-refractivity contribution in [3.8, 4) is 10.7 Å². The molecule has 5 nitrogen and oxygen atoms in total. The molecule has 2 rings (SSSR count). The van der Waals surface area contributed by atoms with E-state index in [9.17, 15) is 5.11 Å². The molecule has 2 aromatic heterocycles. The summed E-state index contributed by atoms with van der Waals surface area (Å²) in [7, 11) is 0. The SMILES string of the molecule is NCCC(O)c1nc(-c2cccs2)n[nH]1. The summed E-state index contributed by atoms with van der Waals surface area (Å²) in [5, 5.41) is 18.3. The molecule has 1 unspecified atom stereocenters. The van der Waals surface area contributed by atoms with Gasteiger partial charge in [-0.15, -0.1) is 11.3 Å². The molecule has 0 saturated carbocycles. The standard InChI is InChI=1S/C9H12N4OS/c10-4-3-6(14)8-11-9(13-12-8)7-2-1-5-15-7/h1-2,5-6,14H,3-4,10H2,(H,11,12,13). The van der Waals surface area contributed by atoms with Crippen LogP contribution in [-0.4, -0.2) is 26.8 Å². The number of hydrogen-bond donors (Lipinski definition) is 3. The zero-order valence-electron chi connectivity index (χ0n) is 8.05. The Kier molecular flexibility index (Phi) is 3.10. The number of aliphatic hydroxyl groups excluding tert-OH is 1. The lowest BCUT2D eigenvalue weighted by molar-refractivity contribution is 0.161. The predicted octanol–water partition coefficient (Wildman–Crippen LogP) is 0.915. The van der Waals surface area contributed by atoms with Crippen molar-refractivity contribution in [3.63, 3.8) is 0 Å². The number of H-pyrrole nitrogens is 1. The number of hydrogen-bond acceptors (Lipinski definition) is 5. The molecule has 0 radical (unpaired) electrons. The molecule has 0 aromatic carbocycles. The summed E-state index contributed by atoms with van der Waals surface area (Å²) >= 11 is 1.56. The number of aliphatic hydroxyl groups is 1. The van der Waals surface area contributed by atoms with E-state index in [1.54, 1.807) is 11.3 Å². The summed E-state index contributed by atoms with van der Waals surface area (Å²) in [5.41, 5.74) is 5.35. The summed E-state index contributed by atoms with van der Waals surface area (Å²) in [5.74, 6) is 1.10. The van der Waals surface area contributed by atoms with Gasteiger partial charge in [0.1, 0.15) is 6.10 Å². The summed E-state index contributed by atoms with van der Waals surface area (Å²) < 4.78 is 0. The highest BCUT2D eigenvalue weighted by molar-refractivity contribution is 7.13. The maximum absolute atomic E-state index is 9.62. The first kappa shape index (κ1) is 10.3. The number of nitrogens with zero attached hydrogens (tertiary/aromatic N) is 2. The van der Waals surface area contributed by atoms with E-state index in [-0.39, 0.29) is 0 Å². The van der Waals surface area contributed by atoms with E-state index in [0.717, 1.165) is 4.88 Å². The molecule has 80 valence electrons. The van der Waals surface area contributed by atoms with Crippen LogP contribution in [0.2, 0.25) is 0 Å². The van der Waals surface area contributed by atoms with Crippen molar-refractivity contribution in [1.82, 2.24) is 15.2 Å². The van der Waals surface area contributed by atoms with E-state index in [4.69, 9.17) is 5.73 Å². The van der Waals surface area contributed by atoms with E-state index in [2.05, 4.69) is 15.2 Å². The van der Waals surface area contributed by atoms with Crippen LogP contribution in [0, 0.1) is 0 Å². The molecule has 0 aliphatic rings. The van der Waals surface area contributed by atoms with Crippen LogP contribution in [-0.2, 0) is 0 Å². The van der Waals surface area contributed by atoms with Crippen molar-refractivity contribution in [2.75, 3.05) is 6.54 Å². The quantitative estimate of drug-likeness (QED) is 0.720. The van der Waals surface area contributed by atoms with Crippen LogP contribution in [0.5, 0.6) is 0 Å². The summed E-state index contributed by atoms with van der Waals surface area (Å²) in [4.78, 5) is 5.19. The topological polar surface area (TPSA) is 87.8 Å². The Hall–Kier alpha value is -1.24. The largest absolute Gasteiger partial charge is 0.385 e. The van der Waals surface area contributed by atoms with Crippen molar-refractivity contribution < 1.29 is 5.11 Å². The van der Waals surface area contributed by atoms with Gasteiger partial charge in [-0.05, 0) is 24.4 Å². The number of thiophene rings is 1. The molecule has 0 bridgehead atoms. The van der Waals surface area contributed by atoms with Crippen molar-refractivity contribution in [2.24, 2.45) is 5.73 Å². The Morgan fingerprint density at radius 1 is 1.60 bits per heavy atom. The first-order valence-corrected chi connectivity index (χ1v) is 5.53. The van der Waals surface area contributed by atoms with Gasteiger partial charge in [0.25, 0.3) is 0 Å². The molecule has 0 amide bonds. The van der Waals surface area contributed by atoms with Gasteiger partial charge in [0.2, 0.25) is 0 Å². The Morgan fingerprint density at radius 3 is 3.13 bits per heavy atom. The Balaban J connectivity index is 2.17. The van der Waals surface area contributed by atoms with Gasteiger partial charge in [-0.3, -0.25) is 5.10 Å². The van der Waals surface area contributed by atoms with E-state index in [0.29, 0.717) is 24.6 Å². The third-order valence-corrected chi connectivity index (χ3v) is 2.87. The van der Waals surface area contributed by atoms with Crippen LogP contribution in [0.1, 0.15) is 18.3 Å². The first-order valence-electron chi connectivity index (χ1n) is 4.65. The molecule has 0 fully saturated rings. The molecule has 0 aliphatic carbocycles. The molecule has 2 heterocycles. The smallest absolute Gasteiger partial charge is 0.191 e. The van der Waals surface area contributed by atoms with E-state index in [1.807, 2.05) is 17.5 Å². The maximum Gasteiger partial charge on any atom is 0.191 e. The number of nitrogens with two attached hydrogens (primary N) is 1. The monoisotopic (exact) mass is 224 g/mol. The highest BCUT2D eigenvalue weighted by Crippen LogP contribution is 2.22. The summed E-state index contributed by atoms with van der Waals surface area (Å²) in [6.07, 6.45) is -0.171. The number of nitrogens with one attached hydrogen (secondary N) is 1. The normalized spacial score (nSPS) is 12.9. The molecule has 15 heavy (non-hydrogen) atoms. The molecule has 6 heteroatoms. The zero-order valence-corrected chi connectivity index (χ0v) is 8.87. The van der Waals surface area contributed by atoms with Crippen LogP contribution < -0.4 is 5.73 Å². The molecule has 2 aromatic rings. The highest BCUT2D eigenvalue weighted by Gasteiger charge is 2.13. The van der Waals surface area contributed by atoms with Gasteiger partial charge < -0.3 is 10.8 Å². The maximum atomic E-state index is 9.62. The van der Waals surface area contributed by atoms with Crippen molar-refractivity contribution >= 4 is 11.3 Å². The van der Waals surface area contributed by atoms with E-state index >= 15 is 0 Å². The van der Waals surface area contributed by atoms with Crippen LogP contribution in [0.3, 0.4) is 0 Å². The fourth-order valence-corrected chi connectivity index (χ4v) is 1.89. The van der Waals surface area contributed by atoms with Gasteiger partial charge in [0.15, 0.2) is 11.6 Å². The predicted molar refractivity (Wildman–Crippen MR) is 58.3 cm³/mol.